The topological polar surface area (TPSA) is 68.9 Å². The maximum atomic E-state index is 10.7. The lowest BCUT2D eigenvalue weighted by Crippen LogP contribution is -1.90. The molecule has 0 bridgehead atoms. The second-order valence-electron chi connectivity index (χ2n) is 4.90. The number of hydrogen-bond donors (Lipinski definition) is 0. The zero-order valence-electron chi connectivity index (χ0n) is 11.9. The first-order chi connectivity index (χ1) is 10.6. The molecule has 0 saturated heterocycles. The van der Waals surface area contributed by atoms with Crippen LogP contribution in [0.2, 0.25) is 0 Å². The zero-order chi connectivity index (χ0) is 15.5. The van der Waals surface area contributed by atoms with Crippen molar-refractivity contribution < 1.29 is 4.92 Å². The summed E-state index contributed by atoms with van der Waals surface area (Å²) in [4.78, 5) is 19.1. The SMILES string of the molecule is Cc1cccc(-c2ccc(-c3ccc([N+](=O)[O-])cc3)cn2)n1. The maximum Gasteiger partial charge on any atom is 0.269 e. The summed E-state index contributed by atoms with van der Waals surface area (Å²) in [5, 5.41) is 10.7. The number of rotatable bonds is 3. The van der Waals surface area contributed by atoms with Crippen molar-refractivity contribution in [2.45, 2.75) is 6.92 Å². The molecule has 22 heavy (non-hydrogen) atoms. The lowest BCUT2D eigenvalue weighted by molar-refractivity contribution is -0.384. The van der Waals surface area contributed by atoms with E-state index in [0.29, 0.717) is 0 Å². The van der Waals surface area contributed by atoms with Gasteiger partial charge in [-0.05, 0) is 42.8 Å². The van der Waals surface area contributed by atoms with Gasteiger partial charge in [0.25, 0.3) is 5.69 Å². The van der Waals surface area contributed by atoms with Crippen molar-refractivity contribution in [1.82, 2.24) is 9.97 Å². The van der Waals surface area contributed by atoms with Crippen LogP contribution >= 0.6 is 0 Å². The van der Waals surface area contributed by atoms with Gasteiger partial charge in [-0.15, -0.1) is 0 Å². The van der Waals surface area contributed by atoms with E-state index in [0.717, 1.165) is 28.2 Å². The molecule has 0 fully saturated rings. The van der Waals surface area contributed by atoms with Crippen molar-refractivity contribution in [2.24, 2.45) is 0 Å². The molecule has 108 valence electrons. The number of benzene rings is 1. The van der Waals surface area contributed by atoms with Crippen molar-refractivity contribution in [3.05, 3.63) is 76.6 Å². The molecule has 5 heteroatoms. The maximum absolute atomic E-state index is 10.7. The molecule has 1 aromatic carbocycles. The summed E-state index contributed by atoms with van der Waals surface area (Å²) in [6.07, 6.45) is 1.75. The molecular formula is C17H13N3O2. The van der Waals surface area contributed by atoms with E-state index in [1.807, 2.05) is 37.3 Å². The van der Waals surface area contributed by atoms with Crippen LogP contribution in [-0.4, -0.2) is 14.9 Å². The average Bonchev–Trinajstić information content (AvgIpc) is 2.55. The number of aryl methyl sites for hydroxylation is 1. The number of hydrogen-bond acceptors (Lipinski definition) is 4. The molecule has 0 saturated carbocycles. The first-order valence-corrected chi connectivity index (χ1v) is 6.78. The van der Waals surface area contributed by atoms with Crippen LogP contribution in [0.15, 0.2) is 60.8 Å². The van der Waals surface area contributed by atoms with Crippen LogP contribution in [0.4, 0.5) is 5.69 Å². The van der Waals surface area contributed by atoms with E-state index in [9.17, 15) is 10.1 Å². The largest absolute Gasteiger partial charge is 0.269 e. The first kappa shape index (κ1) is 13.9. The van der Waals surface area contributed by atoms with Crippen LogP contribution in [0.5, 0.6) is 0 Å². The predicted molar refractivity (Wildman–Crippen MR) is 84.3 cm³/mol. The van der Waals surface area contributed by atoms with E-state index in [-0.39, 0.29) is 5.69 Å². The van der Waals surface area contributed by atoms with Crippen LogP contribution in [0.25, 0.3) is 22.5 Å². The molecule has 0 amide bonds. The summed E-state index contributed by atoms with van der Waals surface area (Å²) >= 11 is 0. The minimum atomic E-state index is -0.408. The standard InChI is InChI=1S/C17H13N3O2/c1-12-3-2-4-17(19-12)16-10-7-14(11-18-16)13-5-8-15(9-6-13)20(21)22/h2-11H,1H3. The second-order valence-corrected chi connectivity index (χ2v) is 4.90. The molecule has 0 aliphatic heterocycles. The van der Waals surface area contributed by atoms with Gasteiger partial charge in [0.1, 0.15) is 0 Å². The van der Waals surface area contributed by atoms with Gasteiger partial charge in [-0.2, -0.15) is 0 Å². The fourth-order valence-corrected chi connectivity index (χ4v) is 2.18. The van der Waals surface area contributed by atoms with Gasteiger partial charge in [-0.3, -0.25) is 20.1 Å². The van der Waals surface area contributed by atoms with Crippen LogP contribution < -0.4 is 0 Å². The number of nitro benzene ring substituents is 1. The third kappa shape index (κ3) is 2.83. The Morgan fingerprint density at radius 1 is 0.909 bits per heavy atom. The van der Waals surface area contributed by atoms with Crippen molar-refractivity contribution in [3.8, 4) is 22.5 Å². The molecule has 0 spiro atoms. The molecule has 5 nitrogen and oxygen atoms in total. The summed E-state index contributed by atoms with van der Waals surface area (Å²) in [6, 6.07) is 16.1. The first-order valence-electron chi connectivity index (χ1n) is 6.78. The Hall–Kier alpha value is -3.08. The van der Waals surface area contributed by atoms with Gasteiger partial charge >= 0.3 is 0 Å². The third-order valence-electron chi connectivity index (χ3n) is 3.33. The molecule has 3 rings (SSSR count). The summed E-state index contributed by atoms with van der Waals surface area (Å²) in [7, 11) is 0. The van der Waals surface area contributed by atoms with E-state index in [4.69, 9.17) is 0 Å². The summed E-state index contributed by atoms with van der Waals surface area (Å²) < 4.78 is 0. The number of aromatic nitrogens is 2. The lowest BCUT2D eigenvalue weighted by atomic mass is 10.1. The number of non-ortho nitro benzene ring substituents is 1. The molecular weight excluding hydrogens is 278 g/mol. The Bertz CT molecular complexity index is 812. The van der Waals surface area contributed by atoms with Gasteiger partial charge in [-0.25, -0.2) is 0 Å². The van der Waals surface area contributed by atoms with Crippen LogP contribution in [0, 0.1) is 17.0 Å². The molecule has 0 aliphatic carbocycles. The van der Waals surface area contributed by atoms with E-state index in [1.165, 1.54) is 12.1 Å². The Balaban J connectivity index is 1.89. The number of nitro groups is 1. The molecule has 2 aromatic heterocycles. The van der Waals surface area contributed by atoms with E-state index >= 15 is 0 Å². The van der Waals surface area contributed by atoms with Crippen molar-refractivity contribution >= 4 is 5.69 Å². The summed E-state index contributed by atoms with van der Waals surface area (Å²) in [6.45, 7) is 1.94. The molecule has 0 radical (unpaired) electrons. The van der Waals surface area contributed by atoms with E-state index in [1.54, 1.807) is 18.3 Å². The predicted octanol–water partition coefficient (Wildman–Crippen LogP) is 4.03. The third-order valence-corrected chi connectivity index (χ3v) is 3.33. The molecule has 0 aliphatic rings. The minimum Gasteiger partial charge on any atom is -0.258 e. The van der Waals surface area contributed by atoms with Crippen LogP contribution in [0.1, 0.15) is 5.69 Å². The van der Waals surface area contributed by atoms with E-state index in [2.05, 4.69) is 9.97 Å². The highest BCUT2D eigenvalue weighted by atomic mass is 16.6. The molecule has 0 atom stereocenters. The Kier molecular flexibility index (Phi) is 3.62. The minimum absolute atomic E-state index is 0.0808. The van der Waals surface area contributed by atoms with Crippen molar-refractivity contribution in [2.75, 3.05) is 0 Å². The van der Waals surface area contributed by atoms with Gasteiger partial charge in [0.2, 0.25) is 0 Å². The quantitative estimate of drug-likeness (QED) is 0.539. The van der Waals surface area contributed by atoms with Gasteiger partial charge in [0.15, 0.2) is 0 Å². The van der Waals surface area contributed by atoms with Crippen LogP contribution in [0.3, 0.4) is 0 Å². The highest BCUT2D eigenvalue weighted by Gasteiger charge is 2.06. The van der Waals surface area contributed by atoms with Gasteiger partial charge in [-0.1, -0.05) is 12.1 Å². The van der Waals surface area contributed by atoms with Gasteiger partial charge < -0.3 is 0 Å². The van der Waals surface area contributed by atoms with Crippen LogP contribution in [-0.2, 0) is 0 Å². The fourth-order valence-electron chi connectivity index (χ4n) is 2.18. The fraction of sp³-hybridized carbons (Fsp3) is 0.0588. The Morgan fingerprint density at radius 3 is 2.23 bits per heavy atom. The normalized spacial score (nSPS) is 10.4. The highest BCUT2D eigenvalue weighted by Crippen LogP contribution is 2.23. The lowest BCUT2D eigenvalue weighted by Gasteiger charge is -2.04. The monoisotopic (exact) mass is 291 g/mol. The van der Waals surface area contributed by atoms with E-state index < -0.39 is 4.92 Å². The Morgan fingerprint density at radius 2 is 1.64 bits per heavy atom. The Labute approximate surface area is 127 Å². The molecule has 0 N–H and O–H groups in total. The average molecular weight is 291 g/mol. The van der Waals surface area contributed by atoms with Gasteiger partial charge in [0, 0.05) is 29.6 Å². The summed E-state index contributed by atoms with van der Waals surface area (Å²) in [5.74, 6) is 0. The molecule has 3 aromatic rings. The zero-order valence-corrected chi connectivity index (χ0v) is 11.9. The smallest absolute Gasteiger partial charge is 0.258 e. The number of pyridine rings is 2. The molecule has 2 heterocycles. The molecule has 0 unspecified atom stereocenters. The second kappa shape index (κ2) is 5.73. The van der Waals surface area contributed by atoms with Gasteiger partial charge in [0.05, 0.1) is 16.3 Å². The summed E-state index contributed by atoms with van der Waals surface area (Å²) in [5.41, 5.74) is 4.45. The van der Waals surface area contributed by atoms with Crippen molar-refractivity contribution in [3.63, 3.8) is 0 Å². The highest BCUT2D eigenvalue weighted by molar-refractivity contribution is 5.66. The van der Waals surface area contributed by atoms with Crippen molar-refractivity contribution in [1.29, 1.82) is 0 Å². The number of nitrogens with zero attached hydrogens (tertiary/aromatic N) is 3.